The minimum absolute atomic E-state index is 0.405. The Bertz CT molecular complexity index is 323. The van der Waals surface area contributed by atoms with Crippen molar-refractivity contribution in [2.45, 2.75) is 72.1 Å². The zero-order valence-corrected chi connectivity index (χ0v) is 14.4. The molecule has 1 unspecified atom stereocenters. The number of unbranched alkanes of at least 4 members (excludes halogenated alkanes) is 4. The van der Waals surface area contributed by atoms with Crippen molar-refractivity contribution < 1.29 is 19.1 Å². The van der Waals surface area contributed by atoms with Gasteiger partial charge in [0.25, 0.3) is 0 Å². The van der Waals surface area contributed by atoms with Gasteiger partial charge in [-0.15, -0.1) is 0 Å². The monoisotopic (exact) mass is 312 g/mol. The summed E-state index contributed by atoms with van der Waals surface area (Å²) >= 11 is 0. The fourth-order valence-electron chi connectivity index (χ4n) is 2.03. The normalized spacial score (nSPS) is 12.3. The van der Waals surface area contributed by atoms with E-state index in [4.69, 9.17) is 9.47 Å². The number of hydrogen-bond donors (Lipinski definition) is 0. The second-order valence-corrected chi connectivity index (χ2v) is 5.61. The third-order valence-corrected chi connectivity index (χ3v) is 3.60. The molecule has 128 valence electrons. The summed E-state index contributed by atoms with van der Waals surface area (Å²) in [4.78, 5) is 22.9. The van der Waals surface area contributed by atoms with Crippen molar-refractivity contribution in [1.82, 2.24) is 0 Å². The van der Waals surface area contributed by atoms with E-state index in [2.05, 4.69) is 20.8 Å². The van der Waals surface area contributed by atoms with Crippen molar-refractivity contribution in [3.05, 3.63) is 12.2 Å². The van der Waals surface area contributed by atoms with Crippen LogP contribution in [0.15, 0.2) is 12.2 Å². The molecule has 0 fully saturated rings. The number of esters is 2. The number of hydrogen-bond acceptors (Lipinski definition) is 4. The fourth-order valence-corrected chi connectivity index (χ4v) is 2.03. The summed E-state index contributed by atoms with van der Waals surface area (Å²) in [7, 11) is 0. The Kier molecular flexibility index (Phi) is 13.7. The first-order valence-corrected chi connectivity index (χ1v) is 8.65. The van der Waals surface area contributed by atoms with E-state index in [1.54, 1.807) is 0 Å². The van der Waals surface area contributed by atoms with E-state index < -0.39 is 11.9 Å². The van der Waals surface area contributed by atoms with Gasteiger partial charge in [-0.1, -0.05) is 59.3 Å². The van der Waals surface area contributed by atoms with E-state index >= 15 is 0 Å². The number of rotatable bonds is 13. The van der Waals surface area contributed by atoms with E-state index in [-0.39, 0.29) is 0 Å². The van der Waals surface area contributed by atoms with Gasteiger partial charge < -0.3 is 9.47 Å². The summed E-state index contributed by atoms with van der Waals surface area (Å²) < 4.78 is 10.2. The third kappa shape index (κ3) is 12.4. The Labute approximate surface area is 135 Å². The van der Waals surface area contributed by atoms with Crippen molar-refractivity contribution in [3.8, 4) is 0 Å². The quantitative estimate of drug-likeness (QED) is 0.287. The molecule has 0 aliphatic carbocycles. The molecule has 4 heteroatoms. The van der Waals surface area contributed by atoms with Gasteiger partial charge in [-0.2, -0.15) is 0 Å². The van der Waals surface area contributed by atoms with Gasteiger partial charge in [0.2, 0.25) is 0 Å². The van der Waals surface area contributed by atoms with Crippen molar-refractivity contribution in [3.63, 3.8) is 0 Å². The number of ether oxygens (including phenoxy) is 2. The van der Waals surface area contributed by atoms with Gasteiger partial charge in [0.05, 0.1) is 13.2 Å². The second kappa shape index (κ2) is 14.6. The van der Waals surface area contributed by atoms with Crippen LogP contribution in [0.5, 0.6) is 0 Å². The summed E-state index contributed by atoms with van der Waals surface area (Å²) in [6, 6.07) is 0. The van der Waals surface area contributed by atoms with Gasteiger partial charge in [-0.05, 0) is 18.8 Å². The molecule has 4 nitrogen and oxygen atoms in total. The first-order valence-electron chi connectivity index (χ1n) is 8.65. The molecular formula is C18H32O4. The third-order valence-electron chi connectivity index (χ3n) is 3.60. The standard InChI is InChI=1S/C18H32O4/c1-4-7-9-10-14-21-17(19)12-13-18(20)22-15-16(6-3)11-8-5-2/h12-13,16H,4-11,14-15H2,1-3H3/b13-12-. The second-order valence-electron chi connectivity index (χ2n) is 5.61. The van der Waals surface area contributed by atoms with Gasteiger partial charge in [0.1, 0.15) is 0 Å². The highest BCUT2D eigenvalue weighted by Gasteiger charge is 2.08. The number of carbonyl (C=O) groups is 2. The highest BCUT2D eigenvalue weighted by molar-refractivity contribution is 5.91. The zero-order chi connectivity index (χ0) is 16.6. The predicted molar refractivity (Wildman–Crippen MR) is 88.5 cm³/mol. The van der Waals surface area contributed by atoms with Crippen LogP contribution in [0.25, 0.3) is 0 Å². The van der Waals surface area contributed by atoms with Crippen LogP contribution in [0.2, 0.25) is 0 Å². The molecule has 0 saturated carbocycles. The first-order chi connectivity index (χ1) is 10.6. The maximum atomic E-state index is 11.5. The van der Waals surface area contributed by atoms with Gasteiger partial charge in [-0.25, -0.2) is 9.59 Å². The number of carbonyl (C=O) groups excluding carboxylic acids is 2. The van der Waals surface area contributed by atoms with Gasteiger partial charge >= 0.3 is 11.9 Å². The lowest BCUT2D eigenvalue weighted by atomic mass is 10.0. The Morgan fingerprint density at radius 2 is 1.50 bits per heavy atom. The zero-order valence-electron chi connectivity index (χ0n) is 14.4. The topological polar surface area (TPSA) is 52.6 Å². The van der Waals surface area contributed by atoms with Crippen LogP contribution < -0.4 is 0 Å². The lowest BCUT2D eigenvalue weighted by molar-refractivity contribution is -0.141. The molecule has 0 rings (SSSR count). The van der Waals surface area contributed by atoms with Crippen LogP contribution in [0.3, 0.4) is 0 Å². The molecule has 0 N–H and O–H groups in total. The van der Waals surface area contributed by atoms with Crippen LogP contribution in [0, 0.1) is 5.92 Å². The maximum absolute atomic E-state index is 11.5. The lowest BCUT2D eigenvalue weighted by Gasteiger charge is -2.13. The molecule has 0 amide bonds. The minimum atomic E-state index is -0.480. The summed E-state index contributed by atoms with van der Waals surface area (Å²) in [5.74, 6) is -0.549. The van der Waals surface area contributed by atoms with E-state index in [1.165, 1.54) is 0 Å². The largest absolute Gasteiger partial charge is 0.463 e. The predicted octanol–water partition coefficient (Wildman–Crippen LogP) is 4.43. The van der Waals surface area contributed by atoms with Crippen molar-refractivity contribution in [1.29, 1.82) is 0 Å². The Balaban J connectivity index is 3.81. The highest BCUT2D eigenvalue weighted by Crippen LogP contribution is 2.12. The molecule has 1 atom stereocenters. The van der Waals surface area contributed by atoms with Crippen LogP contribution in [-0.2, 0) is 19.1 Å². The molecule has 0 radical (unpaired) electrons. The SMILES string of the molecule is CCCCCCOC(=O)/C=C\C(=O)OCC(CC)CCCC. The average molecular weight is 312 g/mol. The smallest absolute Gasteiger partial charge is 0.331 e. The summed E-state index contributed by atoms with van der Waals surface area (Å²) in [5.41, 5.74) is 0. The molecule has 0 aliphatic heterocycles. The Hall–Kier alpha value is -1.32. The molecule has 0 aromatic heterocycles. The minimum Gasteiger partial charge on any atom is -0.463 e. The van der Waals surface area contributed by atoms with Crippen molar-refractivity contribution >= 4 is 11.9 Å². The Morgan fingerprint density at radius 3 is 2.09 bits per heavy atom. The highest BCUT2D eigenvalue weighted by atomic mass is 16.5. The van der Waals surface area contributed by atoms with E-state index in [0.717, 1.165) is 63.5 Å². The summed E-state index contributed by atoms with van der Waals surface area (Å²) in [6.45, 7) is 7.21. The van der Waals surface area contributed by atoms with Gasteiger partial charge in [-0.3, -0.25) is 0 Å². The van der Waals surface area contributed by atoms with Gasteiger partial charge in [0, 0.05) is 12.2 Å². The summed E-state index contributed by atoms with van der Waals surface area (Å²) in [6.07, 6.45) is 10.9. The molecule has 0 spiro atoms. The van der Waals surface area contributed by atoms with Crippen LogP contribution in [0.4, 0.5) is 0 Å². The Morgan fingerprint density at radius 1 is 0.864 bits per heavy atom. The molecule has 0 heterocycles. The maximum Gasteiger partial charge on any atom is 0.331 e. The molecular weight excluding hydrogens is 280 g/mol. The van der Waals surface area contributed by atoms with Crippen molar-refractivity contribution in [2.75, 3.05) is 13.2 Å². The molecule has 0 aromatic rings. The molecule has 0 aromatic carbocycles. The lowest BCUT2D eigenvalue weighted by Crippen LogP contribution is -2.12. The van der Waals surface area contributed by atoms with Crippen LogP contribution >= 0.6 is 0 Å². The molecule has 22 heavy (non-hydrogen) atoms. The van der Waals surface area contributed by atoms with E-state index in [9.17, 15) is 9.59 Å². The van der Waals surface area contributed by atoms with Gasteiger partial charge in [0.15, 0.2) is 0 Å². The molecule has 0 bridgehead atoms. The van der Waals surface area contributed by atoms with E-state index in [0.29, 0.717) is 19.1 Å². The molecule has 0 saturated heterocycles. The first kappa shape index (κ1) is 20.7. The van der Waals surface area contributed by atoms with Crippen LogP contribution in [-0.4, -0.2) is 25.2 Å². The van der Waals surface area contributed by atoms with Crippen LogP contribution in [0.1, 0.15) is 72.1 Å². The fraction of sp³-hybridized carbons (Fsp3) is 0.778. The van der Waals surface area contributed by atoms with Crippen molar-refractivity contribution in [2.24, 2.45) is 5.92 Å². The summed E-state index contributed by atoms with van der Waals surface area (Å²) in [5, 5.41) is 0. The molecule has 0 aliphatic rings. The average Bonchev–Trinajstić information content (AvgIpc) is 2.53. The van der Waals surface area contributed by atoms with E-state index in [1.807, 2.05) is 0 Å².